The van der Waals surface area contributed by atoms with Crippen LogP contribution in [0.15, 0.2) is 48.5 Å². The van der Waals surface area contributed by atoms with Gasteiger partial charge in [-0.3, -0.25) is 0 Å². The van der Waals surface area contributed by atoms with Crippen LogP contribution in [0.4, 0.5) is 0 Å². The highest BCUT2D eigenvalue weighted by Gasteiger charge is 2.33. The summed E-state index contributed by atoms with van der Waals surface area (Å²) in [5, 5.41) is 7.28. The summed E-state index contributed by atoms with van der Waals surface area (Å²) < 4.78 is 0. The molecule has 0 radical (unpaired) electrons. The van der Waals surface area contributed by atoms with Crippen molar-refractivity contribution in [1.29, 1.82) is 0 Å². The van der Waals surface area contributed by atoms with Gasteiger partial charge in [0.1, 0.15) is 0 Å². The summed E-state index contributed by atoms with van der Waals surface area (Å²) in [5.41, 5.74) is 5.78. The SMILES string of the molecule is c1ccc2c(c1)CNC2C1NCc2ccccc21. The molecule has 2 aromatic rings. The smallest absolute Gasteiger partial charge is 0.0524 e. The summed E-state index contributed by atoms with van der Waals surface area (Å²) in [7, 11) is 0. The van der Waals surface area contributed by atoms with Crippen LogP contribution in [0.2, 0.25) is 0 Å². The molecule has 2 aromatic carbocycles. The van der Waals surface area contributed by atoms with Gasteiger partial charge in [0.15, 0.2) is 0 Å². The van der Waals surface area contributed by atoms with Crippen LogP contribution in [-0.2, 0) is 13.1 Å². The van der Waals surface area contributed by atoms with E-state index in [9.17, 15) is 0 Å². The number of hydrogen-bond donors (Lipinski definition) is 2. The average molecular weight is 236 g/mol. The van der Waals surface area contributed by atoms with Crippen LogP contribution in [0.25, 0.3) is 0 Å². The summed E-state index contributed by atoms with van der Waals surface area (Å²) in [6.45, 7) is 1.97. The second kappa shape index (κ2) is 3.94. The zero-order valence-corrected chi connectivity index (χ0v) is 10.2. The first-order valence-electron chi connectivity index (χ1n) is 6.56. The minimum Gasteiger partial charge on any atom is -0.304 e. The van der Waals surface area contributed by atoms with Gasteiger partial charge >= 0.3 is 0 Å². The number of fused-ring (bicyclic) bond motifs is 2. The molecule has 2 heteroatoms. The van der Waals surface area contributed by atoms with Crippen LogP contribution in [0.5, 0.6) is 0 Å². The van der Waals surface area contributed by atoms with Gasteiger partial charge in [-0.05, 0) is 22.3 Å². The van der Waals surface area contributed by atoms with E-state index in [1.165, 1.54) is 22.3 Å². The zero-order valence-electron chi connectivity index (χ0n) is 10.2. The van der Waals surface area contributed by atoms with Crippen molar-refractivity contribution in [2.24, 2.45) is 0 Å². The van der Waals surface area contributed by atoms with Gasteiger partial charge in [0, 0.05) is 13.1 Å². The predicted octanol–water partition coefficient (Wildman–Crippen LogP) is 2.68. The van der Waals surface area contributed by atoms with Crippen LogP contribution in [0, 0.1) is 0 Å². The van der Waals surface area contributed by atoms with E-state index in [4.69, 9.17) is 0 Å². The van der Waals surface area contributed by atoms with Crippen molar-refractivity contribution in [1.82, 2.24) is 10.6 Å². The fraction of sp³-hybridized carbons (Fsp3) is 0.250. The van der Waals surface area contributed by atoms with Gasteiger partial charge in [0.05, 0.1) is 12.1 Å². The Morgan fingerprint density at radius 1 is 0.667 bits per heavy atom. The van der Waals surface area contributed by atoms with Crippen LogP contribution < -0.4 is 10.6 Å². The molecule has 0 amide bonds. The number of hydrogen-bond acceptors (Lipinski definition) is 2. The van der Waals surface area contributed by atoms with E-state index in [0.717, 1.165) is 13.1 Å². The fourth-order valence-electron chi connectivity index (χ4n) is 3.25. The highest BCUT2D eigenvalue weighted by atomic mass is 15.1. The van der Waals surface area contributed by atoms with Crippen molar-refractivity contribution in [2.45, 2.75) is 25.2 Å². The molecule has 2 nitrogen and oxygen atoms in total. The molecule has 90 valence electrons. The number of benzene rings is 2. The first kappa shape index (κ1) is 10.3. The Bertz CT molecular complexity index is 538. The van der Waals surface area contributed by atoms with Crippen LogP contribution >= 0.6 is 0 Å². The second-order valence-electron chi connectivity index (χ2n) is 5.11. The molecular formula is C16H16N2. The Labute approximate surface area is 107 Å². The quantitative estimate of drug-likeness (QED) is 0.795. The molecule has 0 saturated carbocycles. The topological polar surface area (TPSA) is 24.1 Å². The monoisotopic (exact) mass is 236 g/mol. The Kier molecular flexibility index (Phi) is 2.25. The summed E-state index contributed by atoms with van der Waals surface area (Å²) in [4.78, 5) is 0. The number of nitrogens with one attached hydrogen (secondary N) is 2. The van der Waals surface area contributed by atoms with Gasteiger partial charge < -0.3 is 10.6 Å². The van der Waals surface area contributed by atoms with E-state index in [-0.39, 0.29) is 0 Å². The molecule has 2 N–H and O–H groups in total. The fourth-order valence-corrected chi connectivity index (χ4v) is 3.25. The third-order valence-corrected chi connectivity index (χ3v) is 4.14. The molecule has 0 aromatic heterocycles. The lowest BCUT2D eigenvalue weighted by atomic mass is 9.94. The highest BCUT2D eigenvalue weighted by molar-refractivity contribution is 5.41. The second-order valence-corrected chi connectivity index (χ2v) is 5.11. The minimum absolute atomic E-state index is 0.407. The molecule has 0 aliphatic carbocycles. The first-order chi connectivity index (χ1) is 8.93. The van der Waals surface area contributed by atoms with Gasteiger partial charge in [0.2, 0.25) is 0 Å². The van der Waals surface area contributed by atoms with E-state index in [1.54, 1.807) is 0 Å². The van der Waals surface area contributed by atoms with Crippen molar-refractivity contribution in [3.63, 3.8) is 0 Å². The summed E-state index contributed by atoms with van der Waals surface area (Å²) >= 11 is 0. The normalized spacial score (nSPS) is 24.9. The summed E-state index contributed by atoms with van der Waals surface area (Å²) in [6, 6.07) is 18.3. The molecular weight excluding hydrogens is 220 g/mol. The van der Waals surface area contributed by atoms with Gasteiger partial charge in [-0.1, -0.05) is 48.5 Å². The van der Waals surface area contributed by atoms with Gasteiger partial charge in [-0.2, -0.15) is 0 Å². The molecule has 0 bridgehead atoms. The number of rotatable bonds is 1. The largest absolute Gasteiger partial charge is 0.304 e. The standard InChI is InChI=1S/C16H16N2/c1-3-7-13-11(5-1)9-17-15(13)16-14-8-4-2-6-12(14)10-18-16/h1-8,15-18H,9-10H2. The van der Waals surface area contributed by atoms with Crippen LogP contribution in [0.1, 0.15) is 34.3 Å². The van der Waals surface area contributed by atoms with Crippen molar-refractivity contribution in [3.8, 4) is 0 Å². The van der Waals surface area contributed by atoms with Gasteiger partial charge in [-0.25, -0.2) is 0 Å². The van der Waals surface area contributed by atoms with Crippen molar-refractivity contribution < 1.29 is 0 Å². The molecule has 2 atom stereocenters. The summed E-state index contributed by atoms with van der Waals surface area (Å²) in [5.74, 6) is 0. The molecule has 4 rings (SSSR count). The van der Waals surface area contributed by atoms with Crippen molar-refractivity contribution in [2.75, 3.05) is 0 Å². The molecule has 0 spiro atoms. The van der Waals surface area contributed by atoms with Crippen molar-refractivity contribution >= 4 is 0 Å². The maximum Gasteiger partial charge on any atom is 0.0524 e. The van der Waals surface area contributed by atoms with E-state index in [0.29, 0.717) is 12.1 Å². The maximum atomic E-state index is 3.64. The van der Waals surface area contributed by atoms with Crippen molar-refractivity contribution in [3.05, 3.63) is 70.8 Å². The Morgan fingerprint density at radius 2 is 1.11 bits per heavy atom. The molecule has 2 unspecified atom stereocenters. The predicted molar refractivity (Wildman–Crippen MR) is 72.0 cm³/mol. The van der Waals surface area contributed by atoms with Gasteiger partial charge in [0.25, 0.3) is 0 Å². The maximum absolute atomic E-state index is 3.64. The first-order valence-corrected chi connectivity index (χ1v) is 6.56. The zero-order chi connectivity index (χ0) is 11.9. The Hall–Kier alpha value is -1.64. The Morgan fingerprint density at radius 3 is 1.61 bits per heavy atom. The molecule has 18 heavy (non-hydrogen) atoms. The lowest BCUT2D eigenvalue weighted by Crippen LogP contribution is -2.26. The molecule has 2 heterocycles. The van der Waals surface area contributed by atoms with E-state index in [2.05, 4.69) is 59.2 Å². The molecule has 2 aliphatic rings. The lowest BCUT2D eigenvalue weighted by Gasteiger charge is -2.21. The molecule has 0 fully saturated rings. The highest BCUT2D eigenvalue weighted by Crippen LogP contribution is 2.39. The van der Waals surface area contributed by atoms with Crippen LogP contribution in [-0.4, -0.2) is 0 Å². The minimum atomic E-state index is 0.407. The average Bonchev–Trinajstić information content (AvgIpc) is 3.01. The van der Waals surface area contributed by atoms with Crippen LogP contribution in [0.3, 0.4) is 0 Å². The lowest BCUT2D eigenvalue weighted by molar-refractivity contribution is 0.430. The Balaban J connectivity index is 1.75. The third-order valence-electron chi connectivity index (χ3n) is 4.14. The van der Waals surface area contributed by atoms with E-state index < -0.39 is 0 Å². The molecule has 2 aliphatic heterocycles. The van der Waals surface area contributed by atoms with Gasteiger partial charge in [-0.15, -0.1) is 0 Å². The molecule has 0 saturated heterocycles. The van der Waals surface area contributed by atoms with E-state index in [1.807, 2.05) is 0 Å². The third kappa shape index (κ3) is 1.43. The van der Waals surface area contributed by atoms with E-state index >= 15 is 0 Å². The summed E-state index contributed by atoms with van der Waals surface area (Å²) in [6.07, 6.45) is 0.